The molecule has 74 heavy (non-hydrogen) atoms. The molecule has 5 aromatic rings. The number of para-hydroxylation sites is 2. The van der Waals surface area contributed by atoms with Crippen LogP contribution in [0.5, 0.6) is 0 Å². The number of aromatic nitrogens is 2. The number of dihydropyridines is 1. The van der Waals surface area contributed by atoms with Crippen LogP contribution in [0.15, 0.2) is 101 Å². The first kappa shape index (κ1) is 57.0. The van der Waals surface area contributed by atoms with Crippen LogP contribution in [0, 0.1) is 52.8 Å². The van der Waals surface area contributed by atoms with Crippen molar-refractivity contribution in [1.29, 1.82) is 0 Å². The molecule has 0 unspecified atom stereocenters. The lowest BCUT2D eigenvalue weighted by Crippen LogP contribution is -2.32. The Morgan fingerprint density at radius 1 is 0.486 bits per heavy atom. The molecule has 0 saturated heterocycles. The van der Waals surface area contributed by atoms with Crippen LogP contribution in [0.2, 0.25) is 0 Å². The number of nitro groups is 2. The number of hydrogen-bond acceptors (Lipinski definition) is 21. The molecule has 0 amide bonds. The molecule has 23 nitrogen and oxygen atoms in total. The molecule has 6 rings (SSSR count). The van der Waals surface area contributed by atoms with E-state index in [-0.39, 0.29) is 72.7 Å². The van der Waals surface area contributed by atoms with Gasteiger partial charge in [-0.05, 0) is 58.9 Å². The standard InChI is InChI=1S/C17H18N2O6.C17H16N2O6.C17H16N2O5/c2*1-9-13(16(20)24-3)15(14(10(2)18-9)17(21)25-4)11-7-5-6-8-12(11)19(22)23;1-9-13(16(20)23-3)15(11-7-5-6-8-12(11)19-22)14(10(2)18-9)17(21)24-4/h5-8,15,18H,1-4H3;5-8H,1-4H3;5-8H,1-4H3. The molecule has 1 aliphatic heterocycles. The number of methoxy groups -OCH3 is 6. The summed E-state index contributed by atoms with van der Waals surface area (Å²) in [6, 6.07) is 18.2. The van der Waals surface area contributed by atoms with Gasteiger partial charge in [0, 0.05) is 45.8 Å². The first-order chi connectivity index (χ1) is 35.1. The highest BCUT2D eigenvalue weighted by Gasteiger charge is 2.41. The molecule has 0 radical (unpaired) electrons. The van der Waals surface area contributed by atoms with Crippen molar-refractivity contribution < 1.29 is 67.0 Å². The number of benzene rings is 3. The quantitative estimate of drug-likeness (QED) is 0.0403. The van der Waals surface area contributed by atoms with Crippen LogP contribution in [0.25, 0.3) is 22.3 Å². The molecule has 0 aliphatic carbocycles. The van der Waals surface area contributed by atoms with Gasteiger partial charge in [0.15, 0.2) is 0 Å². The maximum Gasteiger partial charge on any atom is 0.340 e. The number of allylic oxidation sites excluding steroid dienone is 2. The van der Waals surface area contributed by atoms with Gasteiger partial charge in [0.25, 0.3) is 11.4 Å². The van der Waals surface area contributed by atoms with Crippen molar-refractivity contribution >= 4 is 52.9 Å². The lowest BCUT2D eigenvalue weighted by Gasteiger charge is -2.29. The Balaban J connectivity index is 0.000000240. The summed E-state index contributed by atoms with van der Waals surface area (Å²) < 4.78 is 28.9. The molecule has 0 fully saturated rings. The fourth-order valence-corrected chi connectivity index (χ4v) is 8.22. The van der Waals surface area contributed by atoms with E-state index in [9.17, 15) is 53.9 Å². The second kappa shape index (κ2) is 25.0. The predicted octanol–water partition coefficient (Wildman–Crippen LogP) is 8.36. The normalized spacial score (nSPS) is 11.8. The highest BCUT2D eigenvalue weighted by molar-refractivity contribution is 6.09. The summed E-state index contributed by atoms with van der Waals surface area (Å²) in [6.45, 7) is 9.68. The van der Waals surface area contributed by atoms with E-state index in [1.54, 1.807) is 71.9 Å². The topological polar surface area (TPSA) is 311 Å². The number of nitro benzene ring substituents is 2. The highest BCUT2D eigenvalue weighted by Crippen LogP contribution is 2.43. The number of pyridine rings is 2. The van der Waals surface area contributed by atoms with E-state index in [1.165, 1.54) is 85.1 Å². The zero-order valence-electron chi connectivity index (χ0n) is 42.2. The van der Waals surface area contributed by atoms with Gasteiger partial charge in [0.1, 0.15) is 5.69 Å². The van der Waals surface area contributed by atoms with Gasteiger partial charge < -0.3 is 33.7 Å². The third kappa shape index (κ3) is 11.8. The molecule has 3 heterocycles. The SMILES string of the molecule is COC(=O)C1=C(C)NC(C)=C(C(=O)OC)C1c1ccccc1[N+](=O)[O-].COC(=O)c1c(C)nc(C)c(C(=O)OC)c1-c1ccccc1N=O.COC(=O)c1c(C)nc(C)c(C(=O)OC)c1-c1ccccc1[N+](=O)[O-]. The molecule has 386 valence electrons. The van der Waals surface area contributed by atoms with Crippen LogP contribution < -0.4 is 5.32 Å². The minimum Gasteiger partial charge on any atom is -0.466 e. The first-order valence-corrected chi connectivity index (χ1v) is 21.7. The molecular weight excluding hydrogens is 969 g/mol. The molecule has 0 spiro atoms. The largest absolute Gasteiger partial charge is 0.466 e. The van der Waals surface area contributed by atoms with Gasteiger partial charge in [-0.1, -0.05) is 48.5 Å². The molecular formula is C51H50N6O17. The Kier molecular flexibility index (Phi) is 19.3. The molecule has 23 heteroatoms. The number of nitrogens with one attached hydrogen (secondary N) is 1. The van der Waals surface area contributed by atoms with E-state index < -0.39 is 51.6 Å². The summed E-state index contributed by atoms with van der Waals surface area (Å²) in [4.78, 5) is 115. The number of rotatable bonds is 12. The van der Waals surface area contributed by atoms with Crippen LogP contribution in [0.1, 0.15) is 89.5 Å². The third-order valence-corrected chi connectivity index (χ3v) is 11.3. The second-order valence-corrected chi connectivity index (χ2v) is 15.6. The van der Waals surface area contributed by atoms with Gasteiger partial charge in [-0.25, -0.2) is 28.8 Å². The van der Waals surface area contributed by atoms with Crippen molar-refractivity contribution in [2.24, 2.45) is 5.18 Å². The maximum atomic E-state index is 12.3. The molecule has 0 saturated carbocycles. The number of esters is 6. The number of carbonyl (C=O) groups excluding carboxylic acids is 6. The Hall–Kier alpha value is -9.54. The number of nitroso groups, excluding NO2 is 1. The van der Waals surface area contributed by atoms with Gasteiger partial charge in [-0.3, -0.25) is 30.2 Å². The molecule has 0 atom stereocenters. The summed E-state index contributed by atoms with van der Waals surface area (Å²) in [7, 11) is 7.25. The minimum atomic E-state index is -0.970. The Morgan fingerprint density at radius 3 is 1.18 bits per heavy atom. The van der Waals surface area contributed by atoms with Crippen LogP contribution in [0.3, 0.4) is 0 Å². The van der Waals surface area contributed by atoms with Crippen molar-refractivity contribution in [1.82, 2.24) is 15.3 Å². The smallest absolute Gasteiger partial charge is 0.340 e. The van der Waals surface area contributed by atoms with Crippen molar-refractivity contribution in [3.8, 4) is 22.3 Å². The monoisotopic (exact) mass is 1020 g/mol. The predicted molar refractivity (Wildman–Crippen MR) is 264 cm³/mol. The molecule has 0 bridgehead atoms. The summed E-state index contributed by atoms with van der Waals surface area (Å²) in [5, 5.41) is 28.8. The number of carbonyl (C=O) groups is 6. The summed E-state index contributed by atoms with van der Waals surface area (Å²) in [5.41, 5.74) is 3.32. The van der Waals surface area contributed by atoms with Crippen LogP contribution in [-0.2, 0) is 38.0 Å². The lowest BCUT2D eigenvalue weighted by atomic mass is 9.79. The summed E-state index contributed by atoms with van der Waals surface area (Å²) >= 11 is 0. The number of nitrogens with zero attached hydrogens (tertiary/aromatic N) is 5. The third-order valence-electron chi connectivity index (χ3n) is 11.3. The maximum absolute atomic E-state index is 12.3. The number of hydrogen-bond donors (Lipinski definition) is 1. The average molecular weight is 1020 g/mol. The van der Waals surface area contributed by atoms with E-state index in [2.05, 4.69) is 20.5 Å². The van der Waals surface area contributed by atoms with E-state index in [0.717, 1.165) is 0 Å². The Labute approximate surface area is 422 Å². The second-order valence-electron chi connectivity index (χ2n) is 15.6. The minimum absolute atomic E-state index is 0.0113. The van der Waals surface area contributed by atoms with E-state index in [1.807, 2.05) is 0 Å². The zero-order chi connectivity index (χ0) is 55.3. The molecule has 3 aromatic carbocycles. The summed E-state index contributed by atoms with van der Waals surface area (Å²) in [6.07, 6.45) is 0. The zero-order valence-corrected chi connectivity index (χ0v) is 42.2. The Morgan fingerprint density at radius 2 is 0.811 bits per heavy atom. The van der Waals surface area contributed by atoms with Crippen molar-refractivity contribution in [2.45, 2.75) is 47.5 Å². The lowest BCUT2D eigenvalue weighted by molar-refractivity contribution is -0.385. The highest BCUT2D eigenvalue weighted by atomic mass is 16.6. The van der Waals surface area contributed by atoms with Crippen molar-refractivity contribution in [3.05, 3.63) is 171 Å². The van der Waals surface area contributed by atoms with Crippen molar-refractivity contribution in [2.75, 3.05) is 42.7 Å². The van der Waals surface area contributed by atoms with Crippen LogP contribution in [0.4, 0.5) is 17.1 Å². The first-order valence-electron chi connectivity index (χ1n) is 21.7. The van der Waals surface area contributed by atoms with E-state index in [0.29, 0.717) is 39.7 Å². The number of aryl methyl sites for hydroxylation is 4. The summed E-state index contributed by atoms with van der Waals surface area (Å²) in [5.74, 6) is -5.15. The average Bonchev–Trinajstić information content (AvgIpc) is 3.39. The van der Waals surface area contributed by atoms with Gasteiger partial charge in [0.2, 0.25) is 0 Å². The van der Waals surface area contributed by atoms with Gasteiger partial charge in [0.05, 0.1) is 120 Å². The van der Waals surface area contributed by atoms with Crippen molar-refractivity contribution in [3.63, 3.8) is 0 Å². The van der Waals surface area contributed by atoms with Gasteiger partial charge >= 0.3 is 35.8 Å². The van der Waals surface area contributed by atoms with Gasteiger partial charge in [-0.2, -0.15) is 0 Å². The van der Waals surface area contributed by atoms with Gasteiger partial charge in [-0.15, -0.1) is 4.91 Å². The van der Waals surface area contributed by atoms with Crippen LogP contribution in [-0.4, -0.2) is 98.3 Å². The molecule has 1 N–H and O–H groups in total. The molecule has 1 aliphatic rings. The van der Waals surface area contributed by atoms with E-state index in [4.69, 9.17) is 28.4 Å². The Bertz CT molecular complexity index is 3060. The van der Waals surface area contributed by atoms with Crippen LogP contribution >= 0.6 is 0 Å². The van der Waals surface area contributed by atoms with E-state index >= 15 is 0 Å². The molecule has 2 aromatic heterocycles. The fourth-order valence-electron chi connectivity index (χ4n) is 8.22. The fraction of sp³-hybridized carbons (Fsp3) is 0.255. The number of ether oxygens (including phenoxy) is 6.